The number of anilines is 1. The second-order valence-corrected chi connectivity index (χ2v) is 8.84. The summed E-state index contributed by atoms with van der Waals surface area (Å²) in [6.45, 7) is 3.25. The minimum atomic E-state index is 0.502. The third-order valence-electron chi connectivity index (χ3n) is 5.12. The minimum Gasteiger partial charge on any atom is -0.493 e. The summed E-state index contributed by atoms with van der Waals surface area (Å²) >= 11 is 2.30. The van der Waals surface area contributed by atoms with Crippen LogP contribution in [0.1, 0.15) is 16.7 Å². The van der Waals surface area contributed by atoms with Crippen LogP contribution in [0.3, 0.4) is 0 Å². The molecule has 0 saturated carbocycles. The molecule has 0 saturated heterocycles. The van der Waals surface area contributed by atoms with Crippen molar-refractivity contribution in [1.82, 2.24) is 0 Å². The van der Waals surface area contributed by atoms with E-state index in [2.05, 4.69) is 65.2 Å². The van der Waals surface area contributed by atoms with Crippen molar-refractivity contribution in [1.29, 1.82) is 0 Å². The van der Waals surface area contributed by atoms with Crippen molar-refractivity contribution in [3.05, 3.63) is 111 Å². The van der Waals surface area contributed by atoms with Gasteiger partial charge in [0.2, 0.25) is 0 Å². The summed E-state index contributed by atoms with van der Waals surface area (Å²) in [5, 5.41) is 3.46. The first kappa shape index (κ1) is 23.0. The second kappa shape index (κ2) is 11.1. The lowest BCUT2D eigenvalue weighted by atomic mass is 10.1. The molecule has 0 aromatic heterocycles. The van der Waals surface area contributed by atoms with Gasteiger partial charge < -0.3 is 19.5 Å². The van der Waals surface area contributed by atoms with Gasteiger partial charge in [-0.2, -0.15) is 0 Å². The van der Waals surface area contributed by atoms with E-state index >= 15 is 0 Å². The molecular weight excluding hydrogens is 525 g/mol. The first-order valence-electron chi connectivity index (χ1n) is 10.7. The summed E-state index contributed by atoms with van der Waals surface area (Å²) in [5.41, 5.74) is 4.50. The predicted molar refractivity (Wildman–Crippen MR) is 142 cm³/mol. The number of ether oxygens (including phenoxy) is 3. The summed E-state index contributed by atoms with van der Waals surface area (Å²) in [4.78, 5) is 0. The second-order valence-electron chi connectivity index (χ2n) is 7.68. The molecule has 0 spiro atoms. The highest BCUT2D eigenvalue weighted by Crippen LogP contribution is 2.35. The first-order chi connectivity index (χ1) is 16.1. The molecule has 0 heterocycles. The van der Waals surface area contributed by atoms with Gasteiger partial charge in [-0.1, -0.05) is 48.0 Å². The van der Waals surface area contributed by atoms with Crippen LogP contribution in [0.2, 0.25) is 0 Å². The molecule has 168 valence electrons. The molecule has 0 bridgehead atoms. The number of nitrogens with one attached hydrogen (secondary N) is 1. The van der Waals surface area contributed by atoms with Gasteiger partial charge in [0.1, 0.15) is 18.1 Å². The molecule has 0 unspecified atom stereocenters. The average molecular weight is 551 g/mol. The Morgan fingerprint density at radius 2 is 1.48 bits per heavy atom. The molecule has 4 aromatic rings. The summed E-state index contributed by atoms with van der Waals surface area (Å²) in [7, 11) is 1.67. The van der Waals surface area contributed by atoms with E-state index in [1.807, 2.05) is 60.7 Å². The van der Waals surface area contributed by atoms with Crippen LogP contribution in [-0.4, -0.2) is 7.11 Å². The number of halogens is 1. The van der Waals surface area contributed by atoms with Gasteiger partial charge in [0.25, 0.3) is 0 Å². The monoisotopic (exact) mass is 551 g/mol. The van der Waals surface area contributed by atoms with Gasteiger partial charge in [0, 0.05) is 12.2 Å². The molecule has 5 heteroatoms. The van der Waals surface area contributed by atoms with Crippen LogP contribution in [-0.2, 0) is 13.2 Å². The Morgan fingerprint density at radius 3 is 2.18 bits per heavy atom. The number of benzene rings is 4. The van der Waals surface area contributed by atoms with Crippen molar-refractivity contribution in [2.24, 2.45) is 0 Å². The maximum absolute atomic E-state index is 6.10. The predicted octanol–water partition coefficient (Wildman–Crippen LogP) is 7.59. The Morgan fingerprint density at radius 1 is 0.788 bits per heavy atom. The number of hydrogen-bond donors (Lipinski definition) is 1. The van der Waals surface area contributed by atoms with E-state index in [1.54, 1.807) is 7.11 Å². The zero-order chi connectivity index (χ0) is 23.0. The molecule has 0 atom stereocenters. The normalized spacial score (nSPS) is 10.5. The lowest BCUT2D eigenvalue weighted by Gasteiger charge is -2.15. The Hall–Kier alpha value is -3.19. The van der Waals surface area contributed by atoms with Gasteiger partial charge >= 0.3 is 0 Å². The van der Waals surface area contributed by atoms with Gasteiger partial charge in [-0.15, -0.1) is 0 Å². The first-order valence-corrected chi connectivity index (χ1v) is 11.8. The lowest BCUT2D eigenvalue weighted by molar-refractivity contribution is 0.282. The van der Waals surface area contributed by atoms with Crippen molar-refractivity contribution in [3.8, 4) is 23.0 Å². The molecule has 33 heavy (non-hydrogen) atoms. The third kappa shape index (κ3) is 6.42. The van der Waals surface area contributed by atoms with Crippen LogP contribution in [0.5, 0.6) is 23.0 Å². The molecule has 0 fully saturated rings. The van der Waals surface area contributed by atoms with Gasteiger partial charge in [-0.05, 0) is 89.2 Å². The number of hydrogen-bond acceptors (Lipinski definition) is 4. The summed E-state index contributed by atoms with van der Waals surface area (Å²) in [5.74, 6) is 3.13. The van der Waals surface area contributed by atoms with Crippen molar-refractivity contribution in [2.75, 3.05) is 12.4 Å². The Balaban J connectivity index is 1.38. The van der Waals surface area contributed by atoms with E-state index in [1.165, 1.54) is 5.56 Å². The summed E-state index contributed by atoms with van der Waals surface area (Å²) < 4.78 is 18.6. The van der Waals surface area contributed by atoms with Crippen LogP contribution >= 0.6 is 22.6 Å². The van der Waals surface area contributed by atoms with Crippen LogP contribution in [0.15, 0.2) is 91.0 Å². The Kier molecular flexibility index (Phi) is 7.73. The van der Waals surface area contributed by atoms with Crippen molar-refractivity contribution in [3.63, 3.8) is 0 Å². The van der Waals surface area contributed by atoms with Gasteiger partial charge in [-0.25, -0.2) is 0 Å². The fourth-order valence-electron chi connectivity index (χ4n) is 3.32. The zero-order valence-corrected chi connectivity index (χ0v) is 20.8. The molecule has 0 aliphatic rings. The lowest BCUT2D eigenvalue weighted by Crippen LogP contribution is -2.03. The van der Waals surface area contributed by atoms with E-state index in [9.17, 15) is 0 Å². The molecular formula is C28H26INO3. The molecule has 0 aliphatic heterocycles. The number of para-hydroxylation sites is 1. The third-order valence-corrected chi connectivity index (χ3v) is 5.92. The SMILES string of the molecule is COc1cc(CNc2ccc(Oc3ccccc3)cc2)cc(I)c1OCc1ccc(C)cc1. The highest BCUT2D eigenvalue weighted by molar-refractivity contribution is 14.1. The van der Waals surface area contributed by atoms with E-state index in [4.69, 9.17) is 14.2 Å². The summed E-state index contributed by atoms with van der Waals surface area (Å²) in [6.07, 6.45) is 0. The van der Waals surface area contributed by atoms with Gasteiger partial charge in [-0.3, -0.25) is 0 Å². The van der Waals surface area contributed by atoms with Crippen LogP contribution in [0.4, 0.5) is 5.69 Å². The largest absolute Gasteiger partial charge is 0.493 e. The van der Waals surface area contributed by atoms with E-state index in [-0.39, 0.29) is 0 Å². The van der Waals surface area contributed by atoms with Gasteiger partial charge in [0.15, 0.2) is 11.5 Å². The smallest absolute Gasteiger partial charge is 0.174 e. The molecule has 0 amide bonds. The van der Waals surface area contributed by atoms with Crippen molar-refractivity contribution < 1.29 is 14.2 Å². The van der Waals surface area contributed by atoms with Crippen molar-refractivity contribution >= 4 is 28.3 Å². The number of rotatable bonds is 9. The zero-order valence-electron chi connectivity index (χ0n) is 18.7. The van der Waals surface area contributed by atoms with E-state index < -0.39 is 0 Å². The fourth-order valence-corrected chi connectivity index (χ4v) is 4.15. The maximum Gasteiger partial charge on any atom is 0.174 e. The number of methoxy groups -OCH3 is 1. The Labute approximate surface area is 208 Å². The Bertz CT molecular complexity index is 1180. The van der Waals surface area contributed by atoms with E-state index in [0.29, 0.717) is 13.2 Å². The van der Waals surface area contributed by atoms with E-state index in [0.717, 1.165) is 43.4 Å². The maximum atomic E-state index is 6.10. The molecule has 0 radical (unpaired) electrons. The fraction of sp³-hybridized carbons (Fsp3) is 0.143. The molecule has 4 aromatic carbocycles. The highest BCUT2D eigenvalue weighted by Gasteiger charge is 2.12. The van der Waals surface area contributed by atoms with Crippen LogP contribution in [0, 0.1) is 10.5 Å². The van der Waals surface area contributed by atoms with Crippen LogP contribution < -0.4 is 19.5 Å². The molecule has 1 N–H and O–H groups in total. The van der Waals surface area contributed by atoms with Crippen LogP contribution in [0.25, 0.3) is 0 Å². The van der Waals surface area contributed by atoms with Gasteiger partial charge in [0.05, 0.1) is 10.7 Å². The molecule has 0 aliphatic carbocycles. The number of aryl methyl sites for hydroxylation is 1. The molecule has 4 nitrogen and oxygen atoms in total. The average Bonchev–Trinajstić information content (AvgIpc) is 2.84. The summed E-state index contributed by atoms with van der Waals surface area (Å²) in [6, 6.07) is 30.2. The highest BCUT2D eigenvalue weighted by atomic mass is 127. The standard InChI is InChI=1S/C28H26INO3/c1-20-8-10-21(11-9-20)19-32-28-26(29)16-22(17-27(28)31-2)18-30-23-12-14-25(15-13-23)33-24-6-4-3-5-7-24/h3-17,30H,18-19H2,1-2H3. The molecule has 4 rings (SSSR count). The topological polar surface area (TPSA) is 39.7 Å². The van der Waals surface area contributed by atoms with Crippen molar-refractivity contribution in [2.45, 2.75) is 20.1 Å². The quantitative estimate of drug-likeness (QED) is 0.218. The minimum absolute atomic E-state index is 0.502.